The van der Waals surface area contributed by atoms with Gasteiger partial charge in [-0.05, 0) is 36.2 Å². The van der Waals surface area contributed by atoms with E-state index < -0.39 is 10.0 Å². The van der Waals surface area contributed by atoms with Crippen molar-refractivity contribution in [3.8, 4) is 0 Å². The van der Waals surface area contributed by atoms with Crippen molar-refractivity contribution in [3.63, 3.8) is 0 Å². The van der Waals surface area contributed by atoms with Crippen molar-refractivity contribution in [1.29, 1.82) is 0 Å². The highest BCUT2D eigenvalue weighted by Gasteiger charge is 2.27. The molecule has 0 aromatic heterocycles. The second-order valence-corrected chi connectivity index (χ2v) is 9.10. The molecule has 2 rings (SSSR count). The third kappa shape index (κ3) is 4.78. The first kappa shape index (κ1) is 19.8. The Morgan fingerprint density at radius 1 is 1.24 bits per heavy atom. The minimum atomic E-state index is -3.62. The smallest absolute Gasteiger partial charge is 0.254 e. The summed E-state index contributed by atoms with van der Waals surface area (Å²) in [5.74, 6) is -0.107. The Labute approximate surface area is 149 Å². The molecule has 0 aliphatic carbocycles. The summed E-state index contributed by atoms with van der Waals surface area (Å²) in [5.41, 5.74) is 5.85. The Morgan fingerprint density at radius 2 is 1.80 bits per heavy atom. The molecule has 2 N–H and O–H groups in total. The monoisotopic (exact) mass is 369 g/mol. The van der Waals surface area contributed by atoms with Crippen LogP contribution in [-0.2, 0) is 14.8 Å². The highest BCUT2D eigenvalue weighted by atomic mass is 32.2. The number of hydrogen-bond acceptors (Lipinski definition) is 5. The number of ether oxygens (including phenoxy) is 1. The second kappa shape index (κ2) is 7.82. The minimum absolute atomic E-state index is 0.107. The van der Waals surface area contributed by atoms with E-state index in [2.05, 4.69) is 0 Å². The molecule has 1 amide bonds. The van der Waals surface area contributed by atoms with Crippen molar-refractivity contribution in [3.05, 3.63) is 29.8 Å². The van der Waals surface area contributed by atoms with E-state index in [-0.39, 0.29) is 16.2 Å². The fraction of sp³-hybridized carbons (Fsp3) is 0.588. The molecule has 1 aliphatic heterocycles. The van der Waals surface area contributed by atoms with Crippen LogP contribution in [0.4, 0.5) is 0 Å². The van der Waals surface area contributed by atoms with Crippen LogP contribution in [0.5, 0.6) is 0 Å². The zero-order chi connectivity index (χ0) is 18.7. The summed E-state index contributed by atoms with van der Waals surface area (Å²) in [6.07, 6.45) is 0. The number of nitrogens with zero attached hydrogens (tertiary/aromatic N) is 2. The molecule has 0 saturated carbocycles. The third-order valence-corrected chi connectivity index (χ3v) is 6.13. The van der Waals surface area contributed by atoms with E-state index in [1.54, 1.807) is 24.1 Å². The second-order valence-electron chi connectivity index (χ2n) is 7.06. The number of amides is 1. The topological polar surface area (TPSA) is 92.9 Å². The standard InChI is InChI=1S/C17H27N3O4S/c1-17(2,12-18)13-19(3)25(22,23)15-6-4-14(5-7-15)16(21)20-8-10-24-11-9-20/h4-7H,8-13,18H2,1-3H3. The Kier molecular flexibility index (Phi) is 6.21. The molecule has 1 aromatic carbocycles. The first-order chi connectivity index (χ1) is 11.7. The van der Waals surface area contributed by atoms with Crippen molar-refractivity contribution >= 4 is 15.9 Å². The summed E-state index contributed by atoms with van der Waals surface area (Å²) in [6, 6.07) is 6.09. The average molecular weight is 369 g/mol. The minimum Gasteiger partial charge on any atom is -0.378 e. The summed E-state index contributed by atoms with van der Waals surface area (Å²) >= 11 is 0. The molecule has 25 heavy (non-hydrogen) atoms. The van der Waals surface area contributed by atoms with Gasteiger partial charge in [0.2, 0.25) is 10.0 Å². The van der Waals surface area contributed by atoms with Crippen LogP contribution >= 0.6 is 0 Å². The number of benzene rings is 1. The van der Waals surface area contributed by atoms with Crippen molar-refractivity contribution < 1.29 is 17.9 Å². The van der Waals surface area contributed by atoms with Gasteiger partial charge >= 0.3 is 0 Å². The van der Waals surface area contributed by atoms with Gasteiger partial charge in [-0.1, -0.05) is 13.8 Å². The van der Waals surface area contributed by atoms with Crippen LogP contribution in [0.2, 0.25) is 0 Å². The van der Waals surface area contributed by atoms with E-state index in [1.165, 1.54) is 16.4 Å². The lowest BCUT2D eigenvalue weighted by Gasteiger charge is -2.28. The summed E-state index contributed by atoms with van der Waals surface area (Å²) in [7, 11) is -2.08. The zero-order valence-electron chi connectivity index (χ0n) is 15.1. The van der Waals surface area contributed by atoms with Gasteiger partial charge in [-0.15, -0.1) is 0 Å². The van der Waals surface area contributed by atoms with Crippen LogP contribution in [0, 0.1) is 5.41 Å². The van der Waals surface area contributed by atoms with E-state index >= 15 is 0 Å². The summed E-state index contributed by atoms with van der Waals surface area (Å²) in [6.45, 7) is 6.71. The maximum absolute atomic E-state index is 12.7. The summed E-state index contributed by atoms with van der Waals surface area (Å²) in [4.78, 5) is 14.3. The van der Waals surface area contributed by atoms with Crippen molar-refractivity contribution in [1.82, 2.24) is 9.21 Å². The quantitative estimate of drug-likeness (QED) is 0.799. The summed E-state index contributed by atoms with van der Waals surface area (Å²) < 4.78 is 31.9. The molecule has 140 valence electrons. The average Bonchev–Trinajstić information content (AvgIpc) is 2.61. The molecule has 0 bridgehead atoms. The number of rotatable bonds is 6. The maximum atomic E-state index is 12.7. The highest BCUT2D eigenvalue weighted by molar-refractivity contribution is 7.89. The molecule has 0 atom stereocenters. The van der Waals surface area contributed by atoms with Gasteiger partial charge in [0, 0.05) is 32.2 Å². The van der Waals surface area contributed by atoms with E-state index in [0.717, 1.165) is 0 Å². The van der Waals surface area contributed by atoms with Gasteiger partial charge in [-0.3, -0.25) is 4.79 Å². The van der Waals surface area contributed by atoms with Gasteiger partial charge in [-0.25, -0.2) is 12.7 Å². The maximum Gasteiger partial charge on any atom is 0.254 e. The molecule has 1 fully saturated rings. The van der Waals surface area contributed by atoms with Crippen LogP contribution in [0.3, 0.4) is 0 Å². The predicted molar refractivity (Wildman–Crippen MR) is 95.8 cm³/mol. The fourth-order valence-corrected chi connectivity index (χ4v) is 4.01. The lowest BCUT2D eigenvalue weighted by atomic mass is 9.94. The molecule has 0 spiro atoms. The van der Waals surface area contributed by atoms with Gasteiger partial charge in [0.05, 0.1) is 18.1 Å². The van der Waals surface area contributed by atoms with Gasteiger partial charge in [0.25, 0.3) is 5.91 Å². The molecule has 0 unspecified atom stereocenters. The Bertz CT molecular complexity index is 695. The molecular formula is C17H27N3O4S. The lowest BCUT2D eigenvalue weighted by Crippen LogP contribution is -2.40. The Hall–Kier alpha value is -1.48. The fourth-order valence-electron chi connectivity index (χ4n) is 2.65. The van der Waals surface area contributed by atoms with Crippen LogP contribution in [0.25, 0.3) is 0 Å². The van der Waals surface area contributed by atoms with E-state index in [1.807, 2.05) is 13.8 Å². The zero-order valence-corrected chi connectivity index (χ0v) is 15.9. The van der Waals surface area contributed by atoms with Crippen molar-refractivity contribution in [2.75, 3.05) is 46.4 Å². The lowest BCUT2D eigenvalue weighted by molar-refractivity contribution is 0.0303. The number of carbonyl (C=O) groups excluding carboxylic acids is 1. The molecular weight excluding hydrogens is 342 g/mol. The molecule has 1 aromatic rings. The third-order valence-electron chi connectivity index (χ3n) is 4.31. The SMILES string of the molecule is CN(CC(C)(C)CN)S(=O)(=O)c1ccc(C(=O)N2CCOCC2)cc1. The van der Waals surface area contributed by atoms with Gasteiger partial charge in [-0.2, -0.15) is 0 Å². The molecule has 8 heteroatoms. The van der Waals surface area contributed by atoms with Crippen LogP contribution in [-0.4, -0.2) is 70.0 Å². The number of morpholine rings is 1. The van der Waals surface area contributed by atoms with Gasteiger partial charge in [0.15, 0.2) is 0 Å². The molecule has 0 radical (unpaired) electrons. The van der Waals surface area contributed by atoms with E-state index in [4.69, 9.17) is 10.5 Å². The predicted octanol–water partition coefficient (Wildman–Crippen LogP) is 0.764. The normalized spacial score (nSPS) is 16.3. The molecule has 1 saturated heterocycles. The Balaban J connectivity index is 2.13. The van der Waals surface area contributed by atoms with Crippen molar-refractivity contribution in [2.45, 2.75) is 18.7 Å². The van der Waals surface area contributed by atoms with Crippen LogP contribution < -0.4 is 5.73 Å². The van der Waals surface area contributed by atoms with Gasteiger partial charge < -0.3 is 15.4 Å². The largest absolute Gasteiger partial charge is 0.378 e. The van der Waals surface area contributed by atoms with Gasteiger partial charge in [0.1, 0.15) is 0 Å². The first-order valence-electron chi connectivity index (χ1n) is 8.31. The number of sulfonamides is 1. The number of carbonyl (C=O) groups is 1. The summed E-state index contributed by atoms with van der Waals surface area (Å²) in [5, 5.41) is 0. The van der Waals surface area contributed by atoms with Crippen molar-refractivity contribution in [2.24, 2.45) is 11.1 Å². The Morgan fingerprint density at radius 3 is 2.32 bits per heavy atom. The first-order valence-corrected chi connectivity index (χ1v) is 9.75. The van der Waals surface area contributed by atoms with Crippen LogP contribution in [0.15, 0.2) is 29.2 Å². The molecule has 7 nitrogen and oxygen atoms in total. The molecule has 1 heterocycles. The van der Waals surface area contributed by atoms with Crippen LogP contribution in [0.1, 0.15) is 24.2 Å². The number of nitrogens with two attached hydrogens (primary N) is 1. The number of hydrogen-bond donors (Lipinski definition) is 1. The van der Waals surface area contributed by atoms with E-state index in [9.17, 15) is 13.2 Å². The molecule has 1 aliphatic rings. The van der Waals surface area contributed by atoms with E-state index in [0.29, 0.717) is 45.0 Å². The highest BCUT2D eigenvalue weighted by Crippen LogP contribution is 2.21.